The lowest BCUT2D eigenvalue weighted by Gasteiger charge is -2.15. The van der Waals surface area contributed by atoms with Gasteiger partial charge in [-0.25, -0.2) is 0 Å². The summed E-state index contributed by atoms with van der Waals surface area (Å²) >= 11 is 0. The van der Waals surface area contributed by atoms with E-state index in [1.54, 1.807) is 0 Å². The van der Waals surface area contributed by atoms with Crippen molar-refractivity contribution in [1.29, 1.82) is 0 Å². The van der Waals surface area contributed by atoms with Crippen molar-refractivity contribution in [2.45, 2.75) is 19.5 Å². The minimum absolute atomic E-state index is 0. The van der Waals surface area contributed by atoms with Crippen molar-refractivity contribution in [3.8, 4) is 11.3 Å². The highest BCUT2D eigenvalue weighted by molar-refractivity contribution is 5.85. The van der Waals surface area contributed by atoms with Gasteiger partial charge >= 0.3 is 0 Å². The van der Waals surface area contributed by atoms with Gasteiger partial charge in [-0.05, 0) is 29.7 Å². The fourth-order valence-electron chi connectivity index (χ4n) is 2.85. The molecule has 1 aliphatic rings. The quantitative estimate of drug-likeness (QED) is 0.948. The average molecular weight is 304 g/mol. The summed E-state index contributed by atoms with van der Waals surface area (Å²) in [5, 5.41) is 0. The third kappa shape index (κ3) is 3.82. The van der Waals surface area contributed by atoms with E-state index in [1.807, 2.05) is 24.4 Å². The smallest absolute Gasteiger partial charge is 0.0702 e. The number of hydrogen-bond donors (Lipinski definition) is 1. The molecule has 1 saturated heterocycles. The first-order chi connectivity index (χ1) is 9.72. The Labute approximate surface area is 132 Å². The SMILES string of the molecule is CC1CN(Cc2cccc(-c3ccccn3)c2)CC1N.Cl. The van der Waals surface area contributed by atoms with Gasteiger partial charge in [0.1, 0.15) is 0 Å². The number of likely N-dealkylation sites (tertiary alicyclic amines) is 1. The maximum Gasteiger partial charge on any atom is 0.0702 e. The zero-order valence-electron chi connectivity index (χ0n) is 12.3. The molecule has 21 heavy (non-hydrogen) atoms. The van der Waals surface area contributed by atoms with Crippen LogP contribution in [0.15, 0.2) is 48.7 Å². The number of benzene rings is 1. The van der Waals surface area contributed by atoms with E-state index >= 15 is 0 Å². The van der Waals surface area contributed by atoms with Gasteiger partial charge in [-0.3, -0.25) is 9.88 Å². The minimum Gasteiger partial charge on any atom is -0.326 e. The molecular weight excluding hydrogens is 282 g/mol. The van der Waals surface area contributed by atoms with Gasteiger partial charge in [-0.1, -0.05) is 31.2 Å². The van der Waals surface area contributed by atoms with Crippen molar-refractivity contribution < 1.29 is 0 Å². The summed E-state index contributed by atoms with van der Waals surface area (Å²) in [6.45, 7) is 5.29. The second-order valence-corrected chi connectivity index (χ2v) is 5.75. The Hall–Kier alpha value is -1.42. The number of nitrogens with two attached hydrogens (primary N) is 1. The molecule has 0 aliphatic carbocycles. The fourth-order valence-corrected chi connectivity index (χ4v) is 2.85. The van der Waals surface area contributed by atoms with Gasteiger partial charge in [-0.15, -0.1) is 12.4 Å². The van der Waals surface area contributed by atoms with Crippen LogP contribution < -0.4 is 5.73 Å². The molecule has 1 aliphatic heterocycles. The lowest BCUT2D eigenvalue weighted by atomic mass is 10.1. The van der Waals surface area contributed by atoms with Crippen molar-refractivity contribution in [1.82, 2.24) is 9.88 Å². The topological polar surface area (TPSA) is 42.2 Å². The van der Waals surface area contributed by atoms with Gasteiger partial charge in [0, 0.05) is 37.4 Å². The summed E-state index contributed by atoms with van der Waals surface area (Å²) < 4.78 is 0. The van der Waals surface area contributed by atoms with Crippen LogP contribution in [0.2, 0.25) is 0 Å². The van der Waals surface area contributed by atoms with E-state index in [0.29, 0.717) is 12.0 Å². The van der Waals surface area contributed by atoms with E-state index < -0.39 is 0 Å². The van der Waals surface area contributed by atoms with Crippen LogP contribution in [-0.4, -0.2) is 29.0 Å². The molecule has 0 spiro atoms. The van der Waals surface area contributed by atoms with E-state index in [9.17, 15) is 0 Å². The second kappa shape index (κ2) is 7.03. The van der Waals surface area contributed by atoms with Gasteiger partial charge < -0.3 is 5.73 Å². The summed E-state index contributed by atoms with van der Waals surface area (Å²) in [7, 11) is 0. The summed E-state index contributed by atoms with van der Waals surface area (Å²) in [5.74, 6) is 0.592. The monoisotopic (exact) mass is 303 g/mol. The molecule has 112 valence electrons. The van der Waals surface area contributed by atoms with Crippen LogP contribution in [0.1, 0.15) is 12.5 Å². The molecule has 4 heteroatoms. The third-order valence-electron chi connectivity index (χ3n) is 4.04. The van der Waals surface area contributed by atoms with Crippen molar-refractivity contribution >= 4 is 12.4 Å². The van der Waals surface area contributed by atoms with E-state index in [2.05, 4.69) is 41.1 Å². The molecule has 0 bridgehead atoms. The number of halogens is 1. The molecule has 2 atom stereocenters. The van der Waals surface area contributed by atoms with Crippen LogP contribution in [0, 0.1) is 5.92 Å². The Morgan fingerprint density at radius 2 is 2.05 bits per heavy atom. The number of rotatable bonds is 3. The molecule has 0 amide bonds. The predicted molar refractivity (Wildman–Crippen MR) is 89.3 cm³/mol. The first-order valence-corrected chi connectivity index (χ1v) is 7.20. The Bertz CT molecular complexity index is 563. The van der Waals surface area contributed by atoms with Gasteiger partial charge in [0.25, 0.3) is 0 Å². The van der Waals surface area contributed by atoms with Crippen molar-refractivity contribution in [3.63, 3.8) is 0 Å². The van der Waals surface area contributed by atoms with Gasteiger partial charge in [0.2, 0.25) is 0 Å². The lowest BCUT2D eigenvalue weighted by Crippen LogP contribution is -2.28. The standard InChI is InChI=1S/C17H21N3.ClH/c1-13-10-20(12-16(13)18)11-14-5-4-6-15(9-14)17-7-2-3-8-19-17;/h2-9,13,16H,10-12,18H2,1H3;1H. The van der Waals surface area contributed by atoms with Crippen LogP contribution >= 0.6 is 12.4 Å². The van der Waals surface area contributed by atoms with E-state index in [-0.39, 0.29) is 12.4 Å². The highest BCUT2D eigenvalue weighted by atomic mass is 35.5. The van der Waals surface area contributed by atoms with E-state index in [0.717, 1.165) is 25.3 Å². The molecule has 1 fully saturated rings. The Morgan fingerprint density at radius 1 is 1.19 bits per heavy atom. The van der Waals surface area contributed by atoms with E-state index in [4.69, 9.17) is 5.73 Å². The summed E-state index contributed by atoms with van der Waals surface area (Å²) in [6, 6.07) is 15.0. The highest BCUT2D eigenvalue weighted by Crippen LogP contribution is 2.21. The summed E-state index contributed by atoms with van der Waals surface area (Å²) in [5.41, 5.74) is 9.63. The van der Waals surface area contributed by atoms with Crippen LogP contribution in [0.5, 0.6) is 0 Å². The number of hydrogen-bond acceptors (Lipinski definition) is 3. The summed E-state index contributed by atoms with van der Waals surface area (Å²) in [6.07, 6.45) is 1.84. The molecular formula is C17H22ClN3. The molecule has 2 heterocycles. The van der Waals surface area contributed by atoms with Gasteiger partial charge in [-0.2, -0.15) is 0 Å². The van der Waals surface area contributed by atoms with Gasteiger partial charge in [0.05, 0.1) is 5.69 Å². The molecule has 0 radical (unpaired) electrons. The lowest BCUT2D eigenvalue weighted by molar-refractivity contribution is 0.319. The second-order valence-electron chi connectivity index (χ2n) is 5.75. The van der Waals surface area contributed by atoms with Crippen molar-refractivity contribution in [2.24, 2.45) is 11.7 Å². The minimum atomic E-state index is 0. The number of pyridine rings is 1. The molecule has 3 rings (SSSR count). The molecule has 2 unspecified atom stereocenters. The zero-order valence-corrected chi connectivity index (χ0v) is 13.1. The number of aromatic nitrogens is 1. The molecule has 3 nitrogen and oxygen atoms in total. The first-order valence-electron chi connectivity index (χ1n) is 7.20. The van der Waals surface area contributed by atoms with Gasteiger partial charge in [0.15, 0.2) is 0 Å². The molecule has 2 N–H and O–H groups in total. The number of nitrogens with zero attached hydrogens (tertiary/aromatic N) is 2. The normalized spacial score (nSPS) is 22.0. The molecule has 1 aromatic heterocycles. The predicted octanol–water partition coefficient (Wildman–Crippen LogP) is 2.95. The largest absolute Gasteiger partial charge is 0.326 e. The maximum atomic E-state index is 6.09. The summed E-state index contributed by atoms with van der Waals surface area (Å²) in [4.78, 5) is 6.85. The van der Waals surface area contributed by atoms with Crippen molar-refractivity contribution in [3.05, 3.63) is 54.2 Å². The first kappa shape index (κ1) is 16.0. The highest BCUT2D eigenvalue weighted by Gasteiger charge is 2.26. The van der Waals surface area contributed by atoms with Crippen LogP contribution in [-0.2, 0) is 6.54 Å². The zero-order chi connectivity index (χ0) is 13.9. The van der Waals surface area contributed by atoms with Crippen LogP contribution in [0.3, 0.4) is 0 Å². The van der Waals surface area contributed by atoms with E-state index in [1.165, 1.54) is 11.1 Å². The average Bonchev–Trinajstić information content (AvgIpc) is 2.78. The van der Waals surface area contributed by atoms with Crippen molar-refractivity contribution in [2.75, 3.05) is 13.1 Å². The van der Waals surface area contributed by atoms with Crippen LogP contribution in [0.4, 0.5) is 0 Å². The maximum absolute atomic E-state index is 6.09. The molecule has 0 saturated carbocycles. The fraction of sp³-hybridized carbons (Fsp3) is 0.353. The Balaban J connectivity index is 0.00000161. The third-order valence-corrected chi connectivity index (χ3v) is 4.04. The Kier molecular flexibility index (Phi) is 5.34. The Morgan fingerprint density at radius 3 is 2.71 bits per heavy atom. The molecule has 1 aromatic carbocycles. The van der Waals surface area contributed by atoms with Crippen LogP contribution in [0.25, 0.3) is 11.3 Å². The molecule has 2 aromatic rings.